The topological polar surface area (TPSA) is 86.7 Å². The summed E-state index contributed by atoms with van der Waals surface area (Å²) < 4.78 is 0. The van der Waals surface area contributed by atoms with Crippen LogP contribution in [0.4, 0.5) is 0 Å². The Bertz CT molecular complexity index is 542. The first-order valence-corrected chi connectivity index (χ1v) is 6.72. The van der Waals surface area contributed by atoms with E-state index in [-0.39, 0.29) is 23.8 Å². The molecule has 0 spiro atoms. The SMILES string of the molecule is CCN(C)C(=O)C(C)NC(=O)Cc1ccccc1C(=O)O. The van der Waals surface area contributed by atoms with Crippen LogP contribution < -0.4 is 5.32 Å². The molecule has 2 N–H and O–H groups in total. The first-order chi connectivity index (χ1) is 9.86. The van der Waals surface area contributed by atoms with E-state index < -0.39 is 12.0 Å². The zero-order chi connectivity index (χ0) is 16.0. The average molecular weight is 292 g/mol. The second-order valence-corrected chi connectivity index (χ2v) is 4.78. The summed E-state index contributed by atoms with van der Waals surface area (Å²) in [7, 11) is 1.66. The molecule has 0 bridgehead atoms. The van der Waals surface area contributed by atoms with Crippen molar-refractivity contribution in [1.82, 2.24) is 10.2 Å². The third-order valence-corrected chi connectivity index (χ3v) is 3.20. The van der Waals surface area contributed by atoms with Gasteiger partial charge in [-0.05, 0) is 25.5 Å². The molecular weight excluding hydrogens is 272 g/mol. The number of nitrogens with one attached hydrogen (secondary N) is 1. The van der Waals surface area contributed by atoms with Crippen molar-refractivity contribution in [2.24, 2.45) is 0 Å². The fourth-order valence-electron chi connectivity index (χ4n) is 1.90. The van der Waals surface area contributed by atoms with E-state index in [1.165, 1.54) is 11.0 Å². The van der Waals surface area contributed by atoms with E-state index >= 15 is 0 Å². The summed E-state index contributed by atoms with van der Waals surface area (Å²) in [6.07, 6.45) is -0.0735. The minimum absolute atomic E-state index is 0.0735. The predicted octanol–water partition coefficient (Wildman–Crippen LogP) is 0.910. The monoisotopic (exact) mass is 292 g/mol. The lowest BCUT2D eigenvalue weighted by molar-refractivity contribution is -0.134. The first kappa shape index (κ1) is 16.7. The summed E-state index contributed by atoms with van der Waals surface area (Å²) in [4.78, 5) is 36.4. The normalized spacial score (nSPS) is 11.6. The Morgan fingerprint density at radius 1 is 1.29 bits per heavy atom. The van der Waals surface area contributed by atoms with Gasteiger partial charge in [0.15, 0.2) is 0 Å². The van der Waals surface area contributed by atoms with Gasteiger partial charge in [0.1, 0.15) is 6.04 Å². The summed E-state index contributed by atoms with van der Waals surface area (Å²) in [5.41, 5.74) is 0.517. The number of hydrogen-bond donors (Lipinski definition) is 2. The molecular formula is C15H20N2O4. The predicted molar refractivity (Wildman–Crippen MR) is 78.0 cm³/mol. The van der Waals surface area contributed by atoms with Crippen molar-refractivity contribution >= 4 is 17.8 Å². The van der Waals surface area contributed by atoms with Crippen LogP contribution in [0.15, 0.2) is 24.3 Å². The van der Waals surface area contributed by atoms with Crippen molar-refractivity contribution in [3.8, 4) is 0 Å². The molecule has 1 atom stereocenters. The number of nitrogens with zero attached hydrogens (tertiary/aromatic N) is 1. The second kappa shape index (κ2) is 7.42. The van der Waals surface area contributed by atoms with Gasteiger partial charge in [0.25, 0.3) is 0 Å². The number of rotatable bonds is 6. The standard InChI is InChI=1S/C15H20N2O4/c1-4-17(3)14(19)10(2)16-13(18)9-11-7-5-6-8-12(11)15(20)21/h5-8,10H,4,9H2,1-3H3,(H,16,18)(H,20,21). The Morgan fingerprint density at radius 2 is 1.90 bits per heavy atom. The number of aromatic carboxylic acids is 1. The molecule has 0 aromatic heterocycles. The Balaban J connectivity index is 2.70. The molecule has 1 aromatic rings. The van der Waals surface area contributed by atoms with Gasteiger partial charge in [-0.3, -0.25) is 9.59 Å². The molecule has 1 rings (SSSR count). The number of likely N-dealkylation sites (N-methyl/N-ethyl adjacent to an activating group) is 1. The van der Waals surface area contributed by atoms with E-state index in [1.54, 1.807) is 32.2 Å². The van der Waals surface area contributed by atoms with Crippen LogP contribution in [-0.2, 0) is 16.0 Å². The zero-order valence-electron chi connectivity index (χ0n) is 12.4. The van der Waals surface area contributed by atoms with Crippen molar-refractivity contribution in [2.75, 3.05) is 13.6 Å². The maximum Gasteiger partial charge on any atom is 0.335 e. The highest BCUT2D eigenvalue weighted by molar-refractivity contribution is 5.93. The van der Waals surface area contributed by atoms with Crippen molar-refractivity contribution < 1.29 is 19.5 Å². The van der Waals surface area contributed by atoms with Crippen LogP contribution in [0.2, 0.25) is 0 Å². The van der Waals surface area contributed by atoms with E-state index in [0.717, 1.165) is 0 Å². The highest BCUT2D eigenvalue weighted by Gasteiger charge is 2.19. The fraction of sp³-hybridized carbons (Fsp3) is 0.400. The molecule has 0 saturated carbocycles. The molecule has 6 nitrogen and oxygen atoms in total. The molecule has 2 amide bonds. The number of carbonyl (C=O) groups excluding carboxylic acids is 2. The quantitative estimate of drug-likeness (QED) is 0.816. The zero-order valence-corrected chi connectivity index (χ0v) is 12.4. The van der Waals surface area contributed by atoms with Crippen molar-refractivity contribution in [2.45, 2.75) is 26.3 Å². The lowest BCUT2D eigenvalue weighted by atomic mass is 10.0. The maximum atomic E-state index is 11.9. The Morgan fingerprint density at radius 3 is 2.48 bits per heavy atom. The summed E-state index contributed by atoms with van der Waals surface area (Å²) in [6.45, 7) is 4.01. The van der Waals surface area contributed by atoms with Crippen molar-refractivity contribution in [1.29, 1.82) is 0 Å². The van der Waals surface area contributed by atoms with Gasteiger partial charge in [0.05, 0.1) is 12.0 Å². The van der Waals surface area contributed by atoms with Crippen molar-refractivity contribution in [3.63, 3.8) is 0 Å². The molecule has 114 valence electrons. The van der Waals surface area contributed by atoms with Gasteiger partial charge in [0.2, 0.25) is 11.8 Å². The van der Waals surface area contributed by atoms with E-state index in [1.807, 2.05) is 6.92 Å². The molecule has 1 unspecified atom stereocenters. The molecule has 0 saturated heterocycles. The smallest absolute Gasteiger partial charge is 0.335 e. The third-order valence-electron chi connectivity index (χ3n) is 3.20. The minimum Gasteiger partial charge on any atom is -0.478 e. The van der Waals surface area contributed by atoms with E-state index in [9.17, 15) is 14.4 Å². The molecule has 0 fully saturated rings. The molecule has 0 aliphatic heterocycles. The minimum atomic E-state index is -1.08. The maximum absolute atomic E-state index is 11.9. The van der Waals surface area contributed by atoms with Gasteiger partial charge < -0.3 is 15.3 Å². The summed E-state index contributed by atoms with van der Waals surface area (Å²) in [6, 6.07) is 5.68. The van der Waals surface area contributed by atoms with Gasteiger partial charge >= 0.3 is 5.97 Å². The van der Waals surface area contributed by atoms with Gasteiger partial charge in [-0.1, -0.05) is 18.2 Å². The summed E-state index contributed by atoms with van der Waals surface area (Å²) in [5, 5.41) is 11.6. The average Bonchev–Trinajstić information content (AvgIpc) is 2.45. The van der Waals surface area contributed by atoms with Crippen LogP contribution in [0, 0.1) is 0 Å². The fourth-order valence-corrected chi connectivity index (χ4v) is 1.90. The lowest BCUT2D eigenvalue weighted by Crippen LogP contribution is -2.46. The van der Waals surface area contributed by atoms with Gasteiger partial charge in [-0.2, -0.15) is 0 Å². The van der Waals surface area contributed by atoms with Crippen molar-refractivity contribution in [3.05, 3.63) is 35.4 Å². The van der Waals surface area contributed by atoms with Gasteiger partial charge in [0, 0.05) is 13.6 Å². The van der Waals surface area contributed by atoms with Crippen LogP contribution in [0.1, 0.15) is 29.8 Å². The Kier molecular flexibility index (Phi) is 5.90. The molecule has 0 heterocycles. The van der Waals surface area contributed by atoms with Crippen LogP contribution in [0.25, 0.3) is 0 Å². The number of carboxylic acids is 1. The number of carboxylic acid groups (broad SMARTS) is 1. The van der Waals surface area contributed by atoms with Gasteiger partial charge in [-0.25, -0.2) is 4.79 Å². The molecule has 0 aliphatic rings. The van der Waals surface area contributed by atoms with Crippen LogP contribution in [0.3, 0.4) is 0 Å². The Hall–Kier alpha value is -2.37. The lowest BCUT2D eigenvalue weighted by Gasteiger charge is -2.20. The Labute approximate surface area is 123 Å². The molecule has 6 heteroatoms. The molecule has 1 aromatic carbocycles. The summed E-state index contributed by atoms with van der Waals surface area (Å²) in [5.74, 6) is -1.64. The number of hydrogen-bond acceptors (Lipinski definition) is 3. The third kappa shape index (κ3) is 4.59. The molecule has 0 radical (unpaired) electrons. The van der Waals surface area contributed by atoms with Crippen LogP contribution >= 0.6 is 0 Å². The van der Waals surface area contributed by atoms with E-state index in [2.05, 4.69) is 5.32 Å². The van der Waals surface area contributed by atoms with Gasteiger partial charge in [-0.15, -0.1) is 0 Å². The number of benzene rings is 1. The number of carbonyl (C=O) groups is 3. The second-order valence-electron chi connectivity index (χ2n) is 4.78. The first-order valence-electron chi connectivity index (χ1n) is 6.72. The highest BCUT2D eigenvalue weighted by Crippen LogP contribution is 2.09. The van der Waals surface area contributed by atoms with Crippen LogP contribution in [-0.4, -0.2) is 47.4 Å². The number of amides is 2. The summed E-state index contributed by atoms with van der Waals surface area (Å²) >= 11 is 0. The van der Waals surface area contributed by atoms with E-state index in [4.69, 9.17) is 5.11 Å². The largest absolute Gasteiger partial charge is 0.478 e. The van der Waals surface area contributed by atoms with Crippen LogP contribution in [0.5, 0.6) is 0 Å². The highest BCUT2D eigenvalue weighted by atomic mass is 16.4. The molecule has 21 heavy (non-hydrogen) atoms. The van der Waals surface area contributed by atoms with E-state index in [0.29, 0.717) is 12.1 Å². The molecule has 0 aliphatic carbocycles.